The number of nitrogens with zero attached hydrogens (tertiary/aromatic N) is 1. The molecule has 0 radical (unpaired) electrons. The lowest BCUT2D eigenvalue weighted by Crippen LogP contribution is -2.43. The highest BCUT2D eigenvalue weighted by atomic mass is 16.4. The van der Waals surface area contributed by atoms with Crippen molar-refractivity contribution in [3.8, 4) is 0 Å². The Morgan fingerprint density at radius 2 is 2.00 bits per heavy atom. The number of carbonyl (C=O) groups is 2. The monoisotopic (exact) mass is 268 g/mol. The van der Waals surface area contributed by atoms with Crippen LogP contribution in [0.5, 0.6) is 0 Å². The number of amides is 2. The topological polar surface area (TPSA) is 69.6 Å². The fourth-order valence-corrected chi connectivity index (χ4v) is 2.63. The zero-order chi connectivity index (χ0) is 14.3. The molecule has 0 aromatic heterocycles. The van der Waals surface area contributed by atoms with Crippen molar-refractivity contribution in [3.63, 3.8) is 0 Å². The lowest BCUT2D eigenvalue weighted by atomic mass is 9.80. The van der Waals surface area contributed by atoms with Crippen LogP contribution in [-0.4, -0.2) is 41.6 Å². The lowest BCUT2D eigenvalue weighted by molar-refractivity contribution is -0.143. The van der Waals surface area contributed by atoms with Gasteiger partial charge in [0.2, 0.25) is 0 Å². The Bertz CT molecular complexity index is 383. The summed E-state index contributed by atoms with van der Waals surface area (Å²) in [7, 11) is 0. The smallest absolute Gasteiger partial charge is 0.317 e. The van der Waals surface area contributed by atoms with E-state index in [0.717, 1.165) is 19.5 Å². The molecule has 0 aromatic carbocycles. The normalized spacial score (nSPS) is 25.2. The van der Waals surface area contributed by atoms with Crippen LogP contribution in [-0.2, 0) is 4.79 Å². The number of rotatable bonds is 3. The predicted molar refractivity (Wildman–Crippen MR) is 71.8 cm³/mol. The molecule has 1 saturated carbocycles. The number of carboxylic acids is 1. The van der Waals surface area contributed by atoms with Gasteiger partial charge in [-0.3, -0.25) is 4.79 Å². The molecule has 2 rings (SSSR count). The third-order valence-electron chi connectivity index (χ3n) is 4.59. The van der Waals surface area contributed by atoms with Crippen molar-refractivity contribution in [3.05, 3.63) is 0 Å². The largest absolute Gasteiger partial charge is 0.481 e. The molecule has 1 atom stereocenters. The van der Waals surface area contributed by atoms with E-state index in [4.69, 9.17) is 5.11 Å². The quantitative estimate of drug-likeness (QED) is 0.821. The first-order valence-electron chi connectivity index (χ1n) is 7.01. The van der Waals surface area contributed by atoms with Crippen molar-refractivity contribution in [1.29, 1.82) is 0 Å². The molecule has 108 valence electrons. The first kappa shape index (κ1) is 14.2. The number of hydrogen-bond donors (Lipinski definition) is 2. The number of likely N-dealkylation sites (tertiary alicyclic amines) is 1. The Balaban J connectivity index is 1.81. The maximum Gasteiger partial charge on any atom is 0.317 e. The van der Waals surface area contributed by atoms with Crippen molar-refractivity contribution < 1.29 is 14.7 Å². The van der Waals surface area contributed by atoms with Crippen molar-refractivity contribution in [2.24, 2.45) is 16.7 Å². The van der Waals surface area contributed by atoms with E-state index < -0.39 is 11.4 Å². The summed E-state index contributed by atoms with van der Waals surface area (Å²) in [5.74, 6) is -0.269. The van der Waals surface area contributed by atoms with Gasteiger partial charge in [-0.1, -0.05) is 20.8 Å². The van der Waals surface area contributed by atoms with E-state index in [2.05, 4.69) is 26.1 Å². The molecule has 2 N–H and O–H groups in total. The molecule has 5 nitrogen and oxygen atoms in total. The van der Waals surface area contributed by atoms with Crippen molar-refractivity contribution in [2.75, 3.05) is 19.6 Å². The van der Waals surface area contributed by atoms with Gasteiger partial charge >= 0.3 is 12.0 Å². The fourth-order valence-electron chi connectivity index (χ4n) is 2.63. The molecule has 2 fully saturated rings. The van der Waals surface area contributed by atoms with Crippen LogP contribution in [0.1, 0.15) is 40.0 Å². The van der Waals surface area contributed by atoms with Crippen molar-refractivity contribution in [1.82, 2.24) is 10.2 Å². The van der Waals surface area contributed by atoms with Gasteiger partial charge in [0.25, 0.3) is 0 Å². The maximum atomic E-state index is 12.0. The number of hydrogen-bond acceptors (Lipinski definition) is 2. The van der Waals surface area contributed by atoms with Crippen molar-refractivity contribution >= 4 is 12.0 Å². The highest BCUT2D eigenvalue weighted by molar-refractivity contribution is 5.80. The van der Waals surface area contributed by atoms with Gasteiger partial charge in [0.15, 0.2) is 0 Å². The van der Waals surface area contributed by atoms with Gasteiger partial charge in [0.1, 0.15) is 0 Å². The molecule has 1 saturated heterocycles. The van der Waals surface area contributed by atoms with Crippen LogP contribution in [0.15, 0.2) is 0 Å². The van der Waals surface area contributed by atoms with Gasteiger partial charge in [-0.25, -0.2) is 4.79 Å². The Morgan fingerprint density at radius 3 is 2.42 bits per heavy atom. The second-order valence-corrected chi connectivity index (χ2v) is 7.04. The van der Waals surface area contributed by atoms with Crippen LogP contribution >= 0.6 is 0 Å². The number of urea groups is 1. The van der Waals surface area contributed by atoms with E-state index in [0.29, 0.717) is 18.8 Å². The standard InChI is InChI=1S/C14H24N2O3/c1-13(2,3)10-4-7-16(8-10)12(19)15-9-14(5-6-14)11(17)18/h10H,4-9H2,1-3H3,(H,15,19)(H,17,18). The van der Waals surface area contributed by atoms with Crippen LogP contribution < -0.4 is 5.32 Å². The van der Waals surface area contributed by atoms with E-state index in [-0.39, 0.29) is 18.0 Å². The lowest BCUT2D eigenvalue weighted by Gasteiger charge is -2.27. The third kappa shape index (κ3) is 3.01. The van der Waals surface area contributed by atoms with Gasteiger partial charge in [-0.2, -0.15) is 0 Å². The van der Waals surface area contributed by atoms with Crippen molar-refractivity contribution in [2.45, 2.75) is 40.0 Å². The summed E-state index contributed by atoms with van der Waals surface area (Å²) in [4.78, 5) is 24.9. The molecule has 0 bridgehead atoms. The maximum absolute atomic E-state index is 12.0. The molecule has 1 unspecified atom stereocenters. The first-order chi connectivity index (χ1) is 8.74. The molecule has 2 amide bonds. The Labute approximate surface area is 114 Å². The van der Waals surface area contributed by atoms with Gasteiger partial charge in [-0.15, -0.1) is 0 Å². The summed E-state index contributed by atoms with van der Waals surface area (Å²) in [5, 5.41) is 11.9. The summed E-state index contributed by atoms with van der Waals surface area (Å²) in [5.41, 5.74) is -0.466. The average molecular weight is 268 g/mol. The summed E-state index contributed by atoms with van der Waals surface area (Å²) >= 11 is 0. The van der Waals surface area contributed by atoms with Gasteiger partial charge in [-0.05, 0) is 30.6 Å². The predicted octanol–water partition coefficient (Wildman–Crippen LogP) is 1.93. The van der Waals surface area contributed by atoms with E-state index in [1.54, 1.807) is 0 Å². The summed E-state index contributed by atoms with van der Waals surface area (Å²) in [6.45, 7) is 8.40. The highest BCUT2D eigenvalue weighted by Crippen LogP contribution is 2.45. The number of nitrogens with one attached hydrogen (secondary N) is 1. The summed E-state index contributed by atoms with van der Waals surface area (Å²) < 4.78 is 0. The average Bonchev–Trinajstić information content (AvgIpc) is 2.92. The molecule has 0 aromatic rings. The molecule has 1 aliphatic carbocycles. The minimum absolute atomic E-state index is 0.112. The zero-order valence-electron chi connectivity index (χ0n) is 12.0. The van der Waals surface area contributed by atoms with Crippen LogP contribution in [0.25, 0.3) is 0 Å². The fraction of sp³-hybridized carbons (Fsp3) is 0.857. The van der Waals surface area contributed by atoms with E-state index in [9.17, 15) is 9.59 Å². The minimum atomic E-state index is -0.790. The van der Waals surface area contributed by atoms with Crippen LogP contribution in [0, 0.1) is 16.7 Å². The second kappa shape index (κ2) is 4.69. The first-order valence-corrected chi connectivity index (χ1v) is 7.01. The summed E-state index contributed by atoms with van der Waals surface area (Å²) in [6.07, 6.45) is 2.38. The van der Waals surface area contributed by atoms with Crippen LogP contribution in [0.3, 0.4) is 0 Å². The van der Waals surface area contributed by atoms with E-state index in [1.807, 2.05) is 4.90 Å². The van der Waals surface area contributed by atoms with Crippen LogP contribution in [0.4, 0.5) is 4.79 Å². The second-order valence-electron chi connectivity index (χ2n) is 7.04. The molecular weight excluding hydrogens is 244 g/mol. The molecular formula is C14H24N2O3. The highest BCUT2D eigenvalue weighted by Gasteiger charge is 2.50. The molecule has 0 spiro atoms. The Morgan fingerprint density at radius 1 is 1.37 bits per heavy atom. The van der Waals surface area contributed by atoms with E-state index in [1.165, 1.54) is 0 Å². The Hall–Kier alpha value is -1.26. The molecule has 1 aliphatic heterocycles. The number of aliphatic carboxylic acids is 1. The Kier molecular flexibility index (Phi) is 3.49. The van der Waals surface area contributed by atoms with Gasteiger partial charge < -0.3 is 15.3 Å². The molecule has 5 heteroatoms. The molecule has 1 heterocycles. The van der Waals surface area contributed by atoms with Gasteiger partial charge in [0.05, 0.1) is 5.41 Å². The van der Waals surface area contributed by atoms with Gasteiger partial charge in [0, 0.05) is 19.6 Å². The van der Waals surface area contributed by atoms with Crippen LogP contribution in [0.2, 0.25) is 0 Å². The molecule has 19 heavy (non-hydrogen) atoms. The third-order valence-corrected chi connectivity index (χ3v) is 4.59. The summed E-state index contributed by atoms with van der Waals surface area (Å²) in [6, 6.07) is -0.112. The zero-order valence-corrected chi connectivity index (χ0v) is 12.0. The van der Waals surface area contributed by atoms with E-state index >= 15 is 0 Å². The minimum Gasteiger partial charge on any atom is -0.481 e. The molecule has 2 aliphatic rings. The SMILES string of the molecule is CC(C)(C)C1CCN(C(=O)NCC2(C(=O)O)CC2)C1. The number of carboxylic acid groups (broad SMARTS) is 1. The number of carbonyl (C=O) groups excluding carboxylic acids is 1.